The normalized spacial score (nSPS) is 15.1. The van der Waals surface area contributed by atoms with Gasteiger partial charge in [0.1, 0.15) is 6.61 Å². The summed E-state index contributed by atoms with van der Waals surface area (Å²) in [5.41, 5.74) is 0.669. The fourth-order valence-corrected chi connectivity index (χ4v) is 1.71. The average molecular weight is 274 g/mol. The van der Waals surface area contributed by atoms with Gasteiger partial charge in [0.15, 0.2) is 5.71 Å². The van der Waals surface area contributed by atoms with Crippen molar-refractivity contribution in [3.8, 4) is 0 Å². The van der Waals surface area contributed by atoms with Crippen LogP contribution in [0.5, 0.6) is 0 Å². The first-order chi connectivity index (χ1) is 8.09. The van der Waals surface area contributed by atoms with Crippen molar-refractivity contribution in [3.63, 3.8) is 0 Å². The molecule has 0 saturated heterocycles. The van der Waals surface area contributed by atoms with E-state index >= 15 is 0 Å². The molecule has 17 heavy (non-hydrogen) atoms. The molecule has 0 aromatic heterocycles. The molecule has 6 heteroatoms. The minimum atomic E-state index is -1.72. The van der Waals surface area contributed by atoms with Crippen LogP contribution < -0.4 is 0 Å². The molecule has 0 fully saturated rings. The van der Waals surface area contributed by atoms with E-state index in [0.717, 1.165) is 0 Å². The molecular weight excluding hydrogens is 265 g/mol. The number of alkyl halides is 2. The molecule has 2 rings (SSSR count). The van der Waals surface area contributed by atoms with Crippen LogP contribution in [0.4, 0.5) is 0 Å². The number of ether oxygens (including phenoxy) is 1. The zero-order chi connectivity index (χ0) is 12.3. The van der Waals surface area contributed by atoms with Gasteiger partial charge in [-0.15, -0.1) is 0 Å². The molecule has 90 valence electrons. The second kappa shape index (κ2) is 4.94. The van der Waals surface area contributed by atoms with Gasteiger partial charge in [-0.25, -0.2) is 4.79 Å². The standard InChI is InChI=1S/C11H9Cl2NO3/c12-11(13,8-4-2-1-3-5-8)17-10(15)9-6-7-16-14-9/h1-5H,6-7H2. The maximum Gasteiger partial charge on any atom is 0.359 e. The van der Waals surface area contributed by atoms with Gasteiger partial charge >= 0.3 is 5.97 Å². The van der Waals surface area contributed by atoms with Crippen LogP contribution in [0.2, 0.25) is 0 Å². The summed E-state index contributed by atoms with van der Waals surface area (Å²) in [6.45, 7) is 0.368. The summed E-state index contributed by atoms with van der Waals surface area (Å²) >= 11 is 11.9. The molecule has 0 N–H and O–H groups in total. The Morgan fingerprint density at radius 1 is 1.35 bits per heavy atom. The van der Waals surface area contributed by atoms with Crippen molar-refractivity contribution in [2.24, 2.45) is 5.16 Å². The third-order valence-corrected chi connectivity index (χ3v) is 2.76. The Bertz CT molecular complexity index is 445. The molecule has 1 heterocycles. The molecule has 0 unspecified atom stereocenters. The molecule has 1 aromatic rings. The number of oxime groups is 1. The molecule has 0 bridgehead atoms. The number of hydrogen-bond donors (Lipinski definition) is 0. The third kappa shape index (κ3) is 2.90. The highest BCUT2D eigenvalue weighted by molar-refractivity contribution is 6.48. The topological polar surface area (TPSA) is 47.9 Å². The molecule has 4 nitrogen and oxygen atoms in total. The Hall–Kier alpha value is -1.26. The van der Waals surface area contributed by atoms with E-state index in [4.69, 9.17) is 32.8 Å². The lowest BCUT2D eigenvalue weighted by atomic mass is 10.2. The van der Waals surface area contributed by atoms with Crippen molar-refractivity contribution in [1.29, 1.82) is 0 Å². The Balaban J connectivity index is 2.09. The number of carbonyl (C=O) groups is 1. The molecule has 0 aliphatic carbocycles. The van der Waals surface area contributed by atoms with Gasteiger partial charge in [-0.3, -0.25) is 0 Å². The summed E-state index contributed by atoms with van der Waals surface area (Å²) in [7, 11) is 0. The maximum atomic E-state index is 11.6. The molecule has 1 aliphatic rings. The smallest absolute Gasteiger partial charge is 0.359 e. The predicted molar refractivity (Wildman–Crippen MR) is 63.9 cm³/mol. The van der Waals surface area contributed by atoms with Crippen molar-refractivity contribution in [2.45, 2.75) is 10.9 Å². The highest BCUT2D eigenvalue weighted by Crippen LogP contribution is 2.35. The second-order valence-corrected chi connectivity index (χ2v) is 4.65. The van der Waals surface area contributed by atoms with Crippen molar-refractivity contribution in [3.05, 3.63) is 35.9 Å². The number of hydrogen-bond acceptors (Lipinski definition) is 4. The molecule has 1 aliphatic heterocycles. The van der Waals surface area contributed by atoms with E-state index in [-0.39, 0.29) is 5.71 Å². The van der Waals surface area contributed by atoms with Gasteiger partial charge in [-0.05, 0) is 0 Å². The molecule has 0 amide bonds. The SMILES string of the molecule is O=C(OC(Cl)(Cl)c1ccccc1)C1=NOCC1. The number of rotatable bonds is 3. The first-order valence-corrected chi connectivity index (χ1v) is 5.71. The highest BCUT2D eigenvalue weighted by atomic mass is 35.5. The number of halogens is 2. The summed E-state index contributed by atoms with van der Waals surface area (Å²) in [5, 5.41) is 3.54. The molecule has 1 aromatic carbocycles. The lowest BCUT2D eigenvalue weighted by Gasteiger charge is -2.19. The van der Waals surface area contributed by atoms with Crippen LogP contribution >= 0.6 is 23.2 Å². The summed E-state index contributed by atoms with van der Waals surface area (Å²) < 4.78 is 3.27. The van der Waals surface area contributed by atoms with E-state index in [1.165, 1.54) is 0 Å². The fourth-order valence-electron chi connectivity index (χ4n) is 1.32. The van der Waals surface area contributed by atoms with Gasteiger partial charge in [0.05, 0.1) is 0 Å². The molecule has 0 spiro atoms. The minimum Gasteiger partial charge on any atom is -0.420 e. The van der Waals surface area contributed by atoms with Crippen LogP contribution in [0.25, 0.3) is 0 Å². The van der Waals surface area contributed by atoms with E-state index in [9.17, 15) is 4.79 Å². The third-order valence-electron chi connectivity index (χ3n) is 2.17. The zero-order valence-electron chi connectivity index (χ0n) is 8.73. The lowest BCUT2D eigenvalue weighted by Crippen LogP contribution is -2.25. The number of carbonyl (C=O) groups excluding carboxylic acids is 1. The van der Waals surface area contributed by atoms with Crippen LogP contribution in [0.1, 0.15) is 12.0 Å². The minimum absolute atomic E-state index is 0.187. The summed E-state index contributed by atoms with van der Waals surface area (Å²) in [6.07, 6.45) is 0.400. The Kier molecular flexibility index (Phi) is 3.54. The molecule has 0 radical (unpaired) electrons. The van der Waals surface area contributed by atoms with E-state index in [2.05, 4.69) is 5.16 Å². The average Bonchev–Trinajstić information content (AvgIpc) is 2.83. The van der Waals surface area contributed by atoms with E-state index in [1.807, 2.05) is 6.07 Å². The zero-order valence-corrected chi connectivity index (χ0v) is 10.2. The van der Waals surface area contributed by atoms with Crippen molar-refractivity contribution in [1.82, 2.24) is 0 Å². The molecule has 0 atom stereocenters. The van der Waals surface area contributed by atoms with Crippen LogP contribution in [-0.4, -0.2) is 18.3 Å². The second-order valence-electron chi connectivity index (χ2n) is 3.39. The van der Waals surface area contributed by atoms with Gasteiger partial charge in [-0.2, -0.15) is 0 Å². The number of esters is 1. The molecular formula is C11H9Cl2NO3. The number of nitrogens with zero attached hydrogens (tertiary/aromatic N) is 1. The van der Waals surface area contributed by atoms with Gasteiger partial charge in [0.25, 0.3) is 4.52 Å². The predicted octanol–water partition coefficient (Wildman–Crippen LogP) is 2.59. The van der Waals surface area contributed by atoms with Crippen LogP contribution in [0.3, 0.4) is 0 Å². The molecule has 0 saturated carbocycles. The van der Waals surface area contributed by atoms with E-state index < -0.39 is 10.5 Å². The van der Waals surface area contributed by atoms with Gasteiger partial charge < -0.3 is 9.57 Å². The van der Waals surface area contributed by atoms with E-state index in [0.29, 0.717) is 18.6 Å². The highest BCUT2D eigenvalue weighted by Gasteiger charge is 2.33. The Labute approximate surface area is 108 Å². The van der Waals surface area contributed by atoms with Gasteiger partial charge in [0, 0.05) is 12.0 Å². The van der Waals surface area contributed by atoms with Crippen molar-refractivity contribution in [2.75, 3.05) is 6.61 Å². The first kappa shape index (κ1) is 12.2. The summed E-state index contributed by atoms with van der Waals surface area (Å²) in [4.78, 5) is 16.3. The summed E-state index contributed by atoms with van der Waals surface area (Å²) in [6, 6.07) is 8.64. The maximum absolute atomic E-state index is 11.6. The van der Waals surface area contributed by atoms with Crippen molar-refractivity contribution >= 4 is 34.9 Å². The largest absolute Gasteiger partial charge is 0.420 e. The Morgan fingerprint density at radius 3 is 2.65 bits per heavy atom. The van der Waals surface area contributed by atoms with Crippen molar-refractivity contribution < 1.29 is 14.4 Å². The number of benzene rings is 1. The first-order valence-electron chi connectivity index (χ1n) is 4.95. The van der Waals surface area contributed by atoms with Gasteiger partial charge in [-0.1, -0.05) is 58.7 Å². The summed E-state index contributed by atoms with van der Waals surface area (Å²) in [5.74, 6) is -0.670. The van der Waals surface area contributed by atoms with Crippen LogP contribution in [-0.2, 0) is 18.9 Å². The van der Waals surface area contributed by atoms with Gasteiger partial charge in [0.2, 0.25) is 0 Å². The fraction of sp³-hybridized carbons (Fsp3) is 0.273. The monoisotopic (exact) mass is 273 g/mol. The van der Waals surface area contributed by atoms with Crippen LogP contribution in [0.15, 0.2) is 35.5 Å². The quantitative estimate of drug-likeness (QED) is 0.628. The Morgan fingerprint density at radius 2 is 2.06 bits per heavy atom. The van der Waals surface area contributed by atoms with E-state index in [1.54, 1.807) is 24.3 Å². The lowest BCUT2D eigenvalue weighted by molar-refractivity contribution is -0.139. The van der Waals surface area contributed by atoms with Crippen LogP contribution in [0, 0.1) is 0 Å².